The molecule has 0 radical (unpaired) electrons. The first-order valence-corrected chi connectivity index (χ1v) is 19.9. The Hall–Kier alpha value is -3.80. The summed E-state index contributed by atoms with van der Waals surface area (Å²) in [6.45, 7) is 10.5. The number of ketones is 2. The predicted octanol–water partition coefficient (Wildman–Crippen LogP) is 6.60. The van der Waals surface area contributed by atoms with E-state index in [1.165, 1.54) is 11.1 Å². The summed E-state index contributed by atoms with van der Waals surface area (Å²) in [5.74, 6) is 1.46. The van der Waals surface area contributed by atoms with Crippen LogP contribution in [0, 0.1) is 11.8 Å². The van der Waals surface area contributed by atoms with Crippen LogP contribution in [0.4, 0.5) is 4.79 Å². The maximum absolute atomic E-state index is 13.6. The molecule has 0 saturated carbocycles. The minimum Gasteiger partial charge on any atom is -0.494 e. The lowest BCUT2D eigenvalue weighted by atomic mass is 9.76. The monoisotopic (exact) mass is 748 g/mol. The van der Waals surface area contributed by atoms with Crippen LogP contribution in [-0.4, -0.2) is 111 Å². The minimum absolute atomic E-state index is 0.0809. The summed E-state index contributed by atoms with van der Waals surface area (Å²) in [6, 6.07) is 19.0. The second-order valence-electron chi connectivity index (χ2n) is 15.8. The van der Waals surface area contributed by atoms with E-state index in [1.807, 2.05) is 48.8 Å². The first-order valence-electron chi connectivity index (χ1n) is 19.9. The molecular formula is C43H60N2O9. The van der Waals surface area contributed by atoms with Crippen molar-refractivity contribution in [1.82, 2.24) is 9.80 Å². The zero-order valence-electron chi connectivity index (χ0n) is 32.5. The number of Topliss-reactive ketones (excluding diaryl/α,β-unsaturated/α-hetero) is 2. The lowest BCUT2D eigenvalue weighted by Crippen LogP contribution is -2.54. The van der Waals surface area contributed by atoms with Gasteiger partial charge in [0.05, 0.1) is 32.5 Å². The van der Waals surface area contributed by atoms with Crippen molar-refractivity contribution in [2.75, 3.05) is 65.8 Å². The van der Waals surface area contributed by atoms with Gasteiger partial charge in [-0.2, -0.15) is 0 Å². The van der Waals surface area contributed by atoms with Crippen molar-refractivity contribution < 1.29 is 42.9 Å². The Kier molecular flexibility index (Phi) is 15.9. The number of urea groups is 1. The number of ether oxygens (including phenoxy) is 5. The van der Waals surface area contributed by atoms with Gasteiger partial charge in [-0.3, -0.25) is 14.4 Å². The summed E-state index contributed by atoms with van der Waals surface area (Å²) in [6.07, 6.45) is 5.50. The molecule has 0 bridgehead atoms. The third kappa shape index (κ3) is 13.2. The Morgan fingerprint density at radius 3 is 2.26 bits per heavy atom. The van der Waals surface area contributed by atoms with Crippen LogP contribution in [0.3, 0.4) is 0 Å². The van der Waals surface area contributed by atoms with Crippen LogP contribution in [0.5, 0.6) is 5.75 Å². The van der Waals surface area contributed by atoms with Crippen LogP contribution < -0.4 is 4.74 Å². The number of amides is 2. The number of carbonyl (C=O) groups excluding carboxylic acids is 4. The highest BCUT2D eigenvalue weighted by atomic mass is 16.6. The van der Waals surface area contributed by atoms with Gasteiger partial charge in [0.15, 0.2) is 5.78 Å². The van der Waals surface area contributed by atoms with Gasteiger partial charge in [0, 0.05) is 70.3 Å². The molecule has 54 heavy (non-hydrogen) atoms. The molecule has 0 aromatic heterocycles. The Labute approximate surface area is 321 Å². The van der Waals surface area contributed by atoms with E-state index in [0.717, 1.165) is 25.0 Å². The van der Waals surface area contributed by atoms with E-state index in [4.69, 9.17) is 23.7 Å². The topological polar surface area (TPSA) is 121 Å². The normalized spacial score (nSPS) is 19.9. The van der Waals surface area contributed by atoms with Gasteiger partial charge in [-0.1, -0.05) is 42.5 Å². The van der Waals surface area contributed by atoms with Crippen molar-refractivity contribution in [3.8, 4) is 5.75 Å². The van der Waals surface area contributed by atoms with Crippen molar-refractivity contribution in [3.05, 3.63) is 65.7 Å². The van der Waals surface area contributed by atoms with Crippen molar-refractivity contribution in [1.29, 1.82) is 0 Å². The van der Waals surface area contributed by atoms with Gasteiger partial charge >= 0.3 is 12.0 Å². The molecule has 2 aromatic rings. The molecule has 3 saturated heterocycles. The lowest BCUT2D eigenvalue weighted by molar-refractivity contribution is -0.155. The first kappa shape index (κ1) is 41.4. The molecule has 296 valence electrons. The van der Waals surface area contributed by atoms with Crippen LogP contribution in [0.25, 0.3) is 0 Å². The highest BCUT2D eigenvalue weighted by Gasteiger charge is 2.39. The van der Waals surface area contributed by atoms with E-state index in [2.05, 4.69) is 36.4 Å². The third-order valence-electron chi connectivity index (χ3n) is 10.4. The molecular weight excluding hydrogens is 688 g/mol. The zero-order valence-corrected chi connectivity index (χ0v) is 32.5. The maximum atomic E-state index is 13.6. The molecule has 11 heteroatoms. The van der Waals surface area contributed by atoms with Crippen molar-refractivity contribution in [2.24, 2.45) is 11.8 Å². The second kappa shape index (κ2) is 20.8. The Morgan fingerprint density at radius 2 is 1.50 bits per heavy atom. The average Bonchev–Trinajstić information content (AvgIpc) is 3.15. The molecule has 0 spiro atoms. The molecule has 3 atom stereocenters. The quantitative estimate of drug-likeness (QED) is 0.123. The summed E-state index contributed by atoms with van der Waals surface area (Å²) < 4.78 is 28.2. The second-order valence-corrected chi connectivity index (χ2v) is 15.8. The van der Waals surface area contributed by atoms with Gasteiger partial charge in [0.25, 0.3) is 0 Å². The third-order valence-corrected chi connectivity index (χ3v) is 10.4. The summed E-state index contributed by atoms with van der Waals surface area (Å²) in [5.41, 5.74) is 1.96. The molecule has 3 fully saturated rings. The van der Waals surface area contributed by atoms with E-state index >= 15 is 0 Å². The van der Waals surface area contributed by atoms with Gasteiger partial charge in [0.1, 0.15) is 23.7 Å². The highest BCUT2D eigenvalue weighted by molar-refractivity contribution is 5.81. The molecule has 3 aliphatic heterocycles. The molecule has 2 amide bonds. The number of rotatable bonds is 18. The zero-order chi connectivity index (χ0) is 38.3. The molecule has 5 rings (SSSR count). The Morgan fingerprint density at radius 1 is 0.796 bits per heavy atom. The van der Waals surface area contributed by atoms with Crippen LogP contribution >= 0.6 is 0 Å². The molecule has 3 heterocycles. The molecule has 2 aromatic carbocycles. The molecule has 0 N–H and O–H groups in total. The lowest BCUT2D eigenvalue weighted by Gasteiger charge is -2.43. The van der Waals surface area contributed by atoms with Gasteiger partial charge < -0.3 is 33.5 Å². The number of nitrogens with zero attached hydrogens (tertiary/aromatic N) is 2. The Bertz CT molecular complexity index is 1500. The van der Waals surface area contributed by atoms with Gasteiger partial charge in [0.2, 0.25) is 0 Å². The van der Waals surface area contributed by atoms with Crippen LogP contribution in [0.1, 0.15) is 95.6 Å². The van der Waals surface area contributed by atoms with Crippen LogP contribution in [-0.2, 0) is 33.3 Å². The predicted molar refractivity (Wildman–Crippen MR) is 205 cm³/mol. The standard InChI is InChI=1S/C43H60N2O9/c1-43(2,3)54-40(48)15-9-23-50-26-27-51-25-19-36(46)13-8-24-52-38-14-7-12-34(29-38)41(32-10-5-4-6-11-32)33-16-20-44(21-17-33)42(49)45-22-18-39-35(30-45)28-37(47)31-53-39/h4-7,10-12,14,29,33,35,39,41H,8-9,13,15-28,30-31H2,1-3H3/t35-,39+,41?/m1/s1. The van der Waals surface area contributed by atoms with Gasteiger partial charge in [-0.15, -0.1) is 0 Å². The van der Waals surface area contributed by atoms with E-state index in [-0.39, 0.29) is 48.1 Å². The van der Waals surface area contributed by atoms with Crippen LogP contribution in [0.15, 0.2) is 54.6 Å². The number of esters is 1. The van der Waals surface area contributed by atoms with E-state index in [9.17, 15) is 19.2 Å². The number of hydrogen-bond donors (Lipinski definition) is 0. The fourth-order valence-corrected chi connectivity index (χ4v) is 7.77. The highest BCUT2D eigenvalue weighted by Crippen LogP contribution is 2.39. The van der Waals surface area contributed by atoms with Gasteiger partial charge in [-0.05, 0) is 82.1 Å². The number of benzene rings is 2. The number of carbonyl (C=O) groups is 4. The molecule has 1 unspecified atom stereocenters. The minimum atomic E-state index is -0.476. The van der Waals surface area contributed by atoms with Crippen molar-refractivity contribution in [2.45, 2.75) is 96.2 Å². The first-order chi connectivity index (χ1) is 26.1. The number of fused-ring (bicyclic) bond motifs is 1. The smallest absolute Gasteiger partial charge is 0.320 e. The van der Waals surface area contributed by atoms with E-state index < -0.39 is 5.60 Å². The number of hydrogen-bond acceptors (Lipinski definition) is 9. The van der Waals surface area contributed by atoms with Crippen molar-refractivity contribution >= 4 is 23.6 Å². The summed E-state index contributed by atoms with van der Waals surface area (Å²) in [4.78, 5) is 53.6. The largest absolute Gasteiger partial charge is 0.494 e. The average molecular weight is 749 g/mol. The van der Waals surface area contributed by atoms with Gasteiger partial charge in [-0.25, -0.2) is 4.79 Å². The number of piperidine rings is 2. The van der Waals surface area contributed by atoms with E-state index in [1.54, 1.807) is 0 Å². The van der Waals surface area contributed by atoms with Crippen molar-refractivity contribution in [3.63, 3.8) is 0 Å². The summed E-state index contributed by atoms with van der Waals surface area (Å²) in [7, 11) is 0. The Balaban J connectivity index is 1.01. The SMILES string of the molecule is CC(C)(C)OC(=O)CCCOCCOCCC(=O)CCCOc1cccc(C(c2ccccc2)C2CCN(C(=O)N3CC[C@@H]4OCC(=O)C[C@@H]4C3)CC2)c1. The van der Waals surface area contributed by atoms with E-state index in [0.29, 0.717) is 104 Å². The molecule has 0 aliphatic carbocycles. The summed E-state index contributed by atoms with van der Waals surface area (Å²) >= 11 is 0. The summed E-state index contributed by atoms with van der Waals surface area (Å²) in [5, 5.41) is 0. The molecule has 3 aliphatic rings. The number of likely N-dealkylation sites (tertiary alicyclic amines) is 2. The maximum Gasteiger partial charge on any atom is 0.320 e. The van der Waals surface area contributed by atoms with Crippen LogP contribution in [0.2, 0.25) is 0 Å². The molecule has 11 nitrogen and oxygen atoms in total. The fraction of sp³-hybridized carbons (Fsp3) is 0.628. The fourth-order valence-electron chi connectivity index (χ4n) is 7.77.